The molecule has 0 aromatic rings. The molecule has 0 amide bonds. The zero-order chi connectivity index (χ0) is 38.6. The van der Waals surface area contributed by atoms with Crippen LogP contribution < -0.4 is 0 Å². The summed E-state index contributed by atoms with van der Waals surface area (Å²) < 4.78 is 29.8. The zero-order valence-electron chi connectivity index (χ0n) is 34.2. The molecule has 1 aliphatic carbocycles. The number of hydrogen-bond donors (Lipinski definition) is 0. The van der Waals surface area contributed by atoms with Gasteiger partial charge in [0.1, 0.15) is 26.4 Å². The number of esters is 2. The molecule has 3 rings (SSSR count). The first-order valence-electron chi connectivity index (χ1n) is 22.4. The fraction of sp³-hybridized carbons (Fsp3) is 0.909. The van der Waals surface area contributed by atoms with E-state index in [9.17, 15) is 19.2 Å². The summed E-state index contributed by atoms with van der Waals surface area (Å²) in [4.78, 5) is 46.2. The monoisotopic (exact) mass is 765 g/mol. The standard InChI is InChI=1S/C44H76O10/c1-3-5-7-12-19-25-39-35(23-17-6-4-2)29-30-36(24-18-13-8-10-15-21-27-41(45)49-31-37-33-51-43(47)53-37)40(39)26-20-14-9-11-16-22-28-42(46)50-32-38-34-52-44(48)54-38/h35-40H,3-34H2,1-2H3. The molecule has 2 aliphatic heterocycles. The van der Waals surface area contributed by atoms with Crippen molar-refractivity contribution in [3.8, 4) is 0 Å². The van der Waals surface area contributed by atoms with Gasteiger partial charge in [-0.05, 0) is 62.2 Å². The van der Waals surface area contributed by atoms with E-state index in [1.165, 1.54) is 128 Å². The molecule has 1 saturated carbocycles. The molecular formula is C44H76O10. The number of cyclic esters (lactones) is 4. The Balaban J connectivity index is 1.36. The maximum Gasteiger partial charge on any atom is 0.508 e. The van der Waals surface area contributed by atoms with E-state index in [-0.39, 0.29) is 38.4 Å². The van der Waals surface area contributed by atoms with E-state index in [1.54, 1.807) is 0 Å². The van der Waals surface area contributed by atoms with Gasteiger partial charge >= 0.3 is 24.2 Å². The lowest BCUT2D eigenvalue weighted by Gasteiger charge is -2.44. The molecule has 312 valence electrons. The summed E-state index contributed by atoms with van der Waals surface area (Å²) >= 11 is 0. The van der Waals surface area contributed by atoms with E-state index in [2.05, 4.69) is 13.8 Å². The van der Waals surface area contributed by atoms with Crippen molar-refractivity contribution < 1.29 is 47.6 Å². The Morgan fingerprint density at radius 3 is 1.26 bits per heavy atom. The summed E-state index contributed by atoms with van der Waals surface area (Å²) in [6.45, 7) is 5.08. The molecule has 0 bridgehead atoms. The Hall–Kier alpha value is -2.52. The van der Waals surface area contributed by atoms with E-state index in [1.807, 2.05) is 0 Å². The minimum Gasteiger partial charge on any atom is -0.462 e. The lowest BCUT2D eigenvalue weighted by molar-refractivity contribution is -0.147. The third-order valence-electron chi connectivity index (χ3n) is 12.0. The molecule has 0 N–H and O–H groups in total. The van der Waals surface area contributed by atoms with Gasteiger partial charge in [0.25, 0.3) is 0 Å². The second kappa shape index (κ2) is 28.8. The van der Waals surface area contributed by atoms with Gasteiger partial charge in [0.05, 0.1) is 0 Å². The summed E-state index contributed by atoms with van der Waals surface area (Å²) in [5, 5.41) is 0. The van der Waals surface area contributed by atoms with Crippen molar-refractivity contribution in [1.29, 1.82) is 0 Å². The molecule has 2 saturated heterocycles. The van der Waals surface area contributed by atoms with E-state index in [0.717, 1.165) is 62.2 Å². The summed E-state index contributed by atoms with van der Waals surface area (Å²) in [6.07, 6.45) is 31.6. The number of hydrogen-bond acceptors (Lipinski definition) is 10. The quantitative estimate of drug-likeness (QED) is 0.0371. The van der Waals surface area contributed by atoms with Crippen molar-refractivity contribution in [1.82, 2.24) is 0 Å². The SMILES string of the molecule is CCCCCCCC1C(CCCCC)CCC(CCCCCCCCC(=O)OCC2COC(=O)O2)C1CCCCCCCCC(=O)OCC1COC(=O)O1. The predicted molar refractivity (Wildman–Crippen MR) is 209 cm³/mol. The molecule has 0 radical (unpaired) electrons. The third kappa shape index (κ3) is 19.9. The van der Waals surface area contributed by atoms with Crippen LogP contribution in [0.4, 0.5) is 9.59 Å². The predicted octanol–water partition coefficient (Wildman–Crippen LogP) is 11.6. The molecule has 6 unspecified atom stereocenters. The van der Waals surface area contributed by atoms with Gasteiger partial charge in [-0.15, -0.1) is 0 Å². The summed E-state index contributed by atoms with van der Waals surface area (Å²) in [5.74, 6) is 3.07. The highest BCUT2D eigenvalue weighted by atomic mass is 16.8. The van der Waals surface area contributed by atoms with E-state index in [4.69, 9.17) is 28.4 Å². The maximum absolute atomic E-state index is 12.1. The Morgan fingerprint density at radius 1 is 0.500 bits per heavy atom. The number of carbonyl (C=O) groups excluding carboxylic acids is 4. The first kappa shape index (κ1) is 45.9. The fourth-order valence-electron chi connectivity index (χ4n) is 8.96. The summed E-state index contributed by atoms with van der Waals surface area (Å²) in [5.41, 5.74) is 0. The van der Waals surface area contributed by atoms with Crippen molar-refractivity contribution in [3.63, 3.8) is 0 Å². The summed E-state index contributed by atoms with van der Waals surface area (Å²) in [7, 11) is 0. The second-order valence-corrected chi connectivity index (χ2v) is 16.4. The average molecular weight is 765 g/mol. The molecule has 6 atom stereocenters. The van der Waals surface area contributed by atoms with Gasteiger partial charge in [-0.1, -0.05) is 142 Å². The van der Waals surface area contributed by atoms with Crippen LogP contribution >= 0.6 is 0 Å². The van der Waals surface area contributed by atoms with Crippen LogP contribution in [0.2, 0.25) is 0 Å². The molecule has 3 aliphatic rings. The molecular weight excluding hydrogens is 688 g/mol. The first-order valence-corrected chi connectivity index (χ1v) is 22.4. The molecule has 0 aromatic carbocycles. The molecule has 2 heterocycles. The number of carbonyl (C=O) groups is 4. The van der Waals surface area contributed by atoms with Crippen LogP contribution in [0.15, 0.2) is 0 Å². The van der Waals surface area contributed by atoms with Crippen molar-refractivity contribution in [2.45, 2.75) is 206 Å². The highest BCUT2D eigenvalue weighted by Crippen LogP contribution is 2.47. The molecule has 3 fully saturated rings. The largest absolute Gasteiger partial charge is 0.508 e. The van der Waals surface area contributed by atoms with Crippen LogP contribution in [0.5, 0.6) is 0 Å². The van der Waals surface area contributed by atoms with Gasteiger partial charge in [-0.25, -0.2) is 9.59 Å². The Labute approximate surface area is 327 Å². The normalized spacial score (nSPS) is 23.7. The second-order valence-electron chi connectivity index (χ2n) is 16.4. The van der Waals surface area contributed by atoms with Gasteiger partial charge in [-0.2, -0.15) is 0 Å². The molecule has 54 heavy (non-hydrogen) atoms. The van der Waals surface area contributed by atoms with Crippen molar-refractivity contribution in [2.75, 3.05) is 26.4 Å². The third-order valence-corrected chi connectivity index (χ3v) is 12.0. The zero-order valence-corrected chi connectivity index (χ0v) is 34.2. The van der Waals surface area contributed by atoms with Crippen LogP contribution in [0, 0.1) is 23.7 Å². The first-order chi connectivity index (χ1) is 26.4. The topological polar surface area (TPSA) is 124 Å². The van der Waals surface area contributed by atoms with Crippen LogP contribution in [-0.4, -0.2) is 62.9 Å². The van der Waals surface area contributed by atoms with E-state index >= 15 is 0 Å². The highest BCUT2D eigenvalue weighted by molar-refractivity contribution is 5.69. The van der Waals surface area contributed by atoms with Gasteiger partial charge < -0.3 is 28.4 Å². The number of ether oxygens (including phenoxy) is 6. The summed E-state index contributed by atoms with van der Waals surface area (Å²) in [6, 6.07) is 0. The van der Waals surface area contributed by atoms with Gasteiger partial charge in [0, 0.05) is 12.8 Å². The van der Waals surface area contributed by atoms with Crippen molar-refractivity contribution in [2.24, 2.45) is 23.7 Å². The van der Waals surface area contributed by atoms with Gasteiger partial charge in [0.2, 0.25) is 0 Å². The van der Waals surface area contributed by atoms with Crippen molar-refractivity contribution >= 4 is 24.2 Å². The average Bonchev–Trinajstić information content (AvgIpc) is 3.79. The van der Waals surface area contributed by atoms with Crippen LogP contribution in [-0.2, 0) is 38.0 Å². The Morgan fingerprint density at radius 2 is 0.852 bits per heavy atom. The molecule has 0 aromatic heterocycles. The molecule has 10 heteroatoms. The Bertz CT molecular complexity index is 1030. The lowest BCUT2D eigenvalue weighted by atomic mass is 9.61. The molecule has 10 nitrogen and oxygen atoms in total. The van der Waals surface area contributed by atoms with Crippen LogP contribution in [0.3, 0.4) is 0 Å². The van der Waals surface area contributed by atoms with Gasteiger partial charge in [0.15, 0.2) is 12.2 Å². The molecule has 0 spiro atoms. The van der Waals surface area contributed by atoms with Crippen molar-refractivity contribution in [3.05, 3.63) is 0 Å². The van der Waals surface area contributed by atoms with Crippen LogP contribution in [0.1, 0.15) is 194 Å². The fourth-order valence-corrected chi connectivity index (χ4v) is 8.96. The highest BCUT2D eigenvalue weighted by Gasteiger charge is 2.38. The van der Waals surface area contributed by atoms with Gasteiger partial charge in [-0.3, -0.25) is 9.59 Å². The smallest absolute Gasteiger partial charge is 0.462 e. The van der Waals surface area contributed by atoms with Crippen LogP contribution in [0.25, 0.3) is 0 Å². The Kier molecular flexibility index (Phi) is 24.5. The minimum atomic E-state index is -0.693. The number of rotatable bonds is 32. The lowest BCUT2D eigenvalue weighted by Crippen LogP contribution is -2.35. The van der Waals surface area contributed by atoms with E-state index < -0.39 is 24.5 Å². The van der Waals surface area contributed by atoms with E-state index in [0.29, 0.717) is 12.8 Å². The number of unbranched alkanes of at least 4 members (excludes halogenated alkanes) is 16. The minimum absolute atomic E-state index is 0.0759. The maximum atomic E-state index is 12.1.